The Hall–Kier alpha value is -3.13. The van der Waals surface area contributed by atoms with Gasteiger partial charge in [-0.15, -0.1) is 0 Å². The summed E-state index contributed by atoms with van der Waals surface area (Å²) in [6, 6.07) is 1.18. The van der Waals surface area contributed by atoms with Crippen molar-refractivity contribution in [2.24, 2.45) is 5.92 Å². The van der Waals surface area contributed by atoms with E-state index >= 15 is 0 Å². The third-order valence-corrected chi connectivity index (χ3v) is 6.67. The molecule has 7 nitrogen and oxygen atoms in total. The van der Waals surface area contributed by atoms with E-state index in [1.54, 1.807) is 0 Å². The van der Waals surface area contributed by atoms with E-state index < -0.39 is 17.9 Å². The van der Waals surface area contributed by atoms with E-state index in [0.29, 0.717) is 22.7 Å². The minimum atomic E-state index is -1.37. The average Bonchev–Trinajstić information content (AvgIpc) is 2.77. The summed E-state index contributed by atoms with van der Waals surface area (Å²) in [4.78, 5) is 26.0. The summed E-state index contributed by atoms with van der Waals surface area (Å²) in [7, 11) is 7.71. The standard InChI is InChI=1S/C25H22Cl2N2O5/c1-28(2)12-5-7-14-18(9-12)34-19-10-13(29(3)4)6-8-15(19)20(14)21-17(26)11-16(24(30)31)23(27)22(21)25(32)33/h5-12,14H,1-4H3,(H-,30,31,32,33)/p+1. The highest BCUT2D eigenvalue weighted by molar-refractivity contribution is 6.39. The lowest BCUT2D eigenvalue weighted by atomic mass is 9.78. The zero-order valence-electron chi connectivity index (χ0n) is 19.0. The fourth-order valence-corrected chi connectivity index (χ4v) is 4.85. The fourth-order valence-electron chi connectivity index (χ4n) is 4.23. The van der Waals surface area contributed by atoms with Crippen molar-refractivity contribution >= 4 is 46.4 Å². The van der Waals surface area contributed by atoms with Gasteiger partial charge in [-0.2, -0.15) is 0 Å². The van der Waals surface area contributed by atoms with Gasteiger partial charge in [0, 0.05) is 28.3 Å². The number of ether oxygens (including phenoxy) is 1. The van der Waals surface area contributed by atoms with Crippen LogP contribution < -0.4 is 0 Å². The van der Waals surface area contributed by atoms with Gasteiger partial charge in [-0.05, 0) is 37.9 Å². The van der Waals surface area contributed by atoms with Crippen molar-refractivity contribution in [2.75, 3.05) is 28.2 Å². The number of hydrogen-bond donors (Lipinski definition) is 2. The van der Waals surface area contributed by atoms with Crippen molar-refractivity contribution in [2.45, 2.75) is 6.04 Å². The van der Waals surface area contributed by atoms with Gasteiger partial charge < -0.3 is 14.9 Å². The number of halogens is 2. The smallest absolute Gasteiger partial charge is 0.337 e. The Balaban J connectivity index is 2.07. The summed E-state index contributed by atoms with van der Waals surface area (Å²) in [5, 5.41) is 19.2. The molecule has 0 amide bonds. The molecule has 176 valence electrons. The molecule has 0 saturated carbocycles. The predicted octanol–water partition coefficient (Wildman–Crippen LogP) is 4.34. The number of carbonyl (C=O) groups is 2. The van der Waals surface area contributed by atoms with Crippen LogP contribution in [0.2, 0.25) is 10.0 Å². The molecule has 1 aliphatic heterocycles. The third-order valence-electron chi connectivity index (χ3n) is 5.98. The summed E-state index contributed by atoms with van der Waals surface area (Å²) in [6.45, 7) is 0. The highest BCUT2D eigenvalue weighted by Gasteiger charge is 2.38. The number of aromatic carboxylic acids is 2. The summed E-state index contributed by atoms with van der Waals surface area (Å²) >= 11 is 12.9. The Morgan fingerprint density at radius 2 is 1.79 bits per heavy atom. The molecule has 2 aliphatic carbocycles. The summed E-state index contributed by atoms with van der Waals surface area (Å²) in [5.41, 5.74) is 1.60. The van der Waals surface area contributed by atoms with Gasteiger partial charge in [-0.1, -0.05) is 35.4 Å². The second-order valence-corrected chi connectivity index (χ2v) is 9.34. The van der Waals surface area contributed by atoms with E-state index in [4.69, 9.17) is 27.9 Å². The topological polar surface area (TPSA) is 90.1 Å². The van der Waals surface area contributed by atoms with Crippen molar-refractivity contribution in [3.63, 3.8) is 0 Å². The molecular formula is C25H23Cl2N2O5+. The van der Waals surface area contributed by atoms with Gasteiger partial charge in [0.05, 0.1) is 28.1 Å². The Kier molecular flexibility index (Phi) is 6.29. The first kappa shape index (κ1) is 24.0. The summed E-state index contributed by atoms with van der Waals surface area (Å²) in [5.74, 6) is -1.99. The molecule has 34 heavy (non-hydrogen) atoms. The molecule has 3 aliphatic rings. The van der Waals surface area contributed by atoms with E-state index in [0.717, 1.165) is 5.71 Å². The number of hydrogen-bond acceptors (Lipinski definition) is 4. The first-order chi connectivity index (χ1) is 16.0. The van der Waals surface area contributed by atoms with Crippen LogP contribution in [-0.4, -0.2) is 71.6 Å². The van der Waals surface area contributed by atoms with Crippen molar-refractivity contribution in [1.82, 2.24) is 4.90 Å². The van der Waals surface area contributed by atoms with Gasteiger partial charge in [-0.3, -0.25) is 4.90 Å². The zero-order chi connectivity index (χ0) is 24.9. The lowest BCUT2D eigenvalue weighted by Gasteiger charge is -2.36. The number of fused-ring (bicyclic) bond motifs is 2. The Labute approximate surface area is 206 Å². The molecule has 2 unspecified atom stereocenters. The molecule has 4 rings (SSSR count). The molecule has 0 fully saturated rings. The van der Waals surface area contributed by atoms with Gasteiger partial charge >= 0.3 is 11.9 Å². The molecule has 1 aromatic carbocycles. The van der Waals surface area contributed by atoms with Gasteiger partial charge in [0.25, 0.3) is 0 Å². The highest BCUT2D eigenvalue weighted by Crippen LogP contribution is 2.49. The van der Waals surface area contributed by atoms with Gasteiger partial charge in [0.1, 0.15) is 25.6 Å². The molecule has 2 atom stereocenters. The molecule has 0 bridgehead atoms. The van der Waals surface area contributed by atoms with Gasteiger partial charge in [0.2, 0.25) is 5.71 Å². The van der Waals surface area contributed by atoms with Crippen molar-refractivity contribution in [1.29, 1.82) is 0 Å². The maximum Gasteiger partial charge on any atom is 0.337 e. The normalized spacial score (nSPS) is 21.0. The van der Waals surface area contributed by atoms with Crippen LogP contribution in [0.5, 0.6) is 0 Å². The third kappa shape index (κ3) is 4.00. The number of benzene rings is 1. The van der Waals surface area contributed by atoms with Crippen LogP contribution in [0.25, 0.3) is 5.57 Å². The molecule has 0 spiro atoms. The van der Waals surface area contributed by atoms with E-state index in [2.05, 4.69) is 0 Å². The lowest BCUT2D eigenvalue weighted by Crippen LogP contribution is -2.30. The molecule has 9 heteroatoms. The SMILES string of the molecule is CN(C)C1C=CC2C(=C1)OC1=CC(=[N+](C)C)C=CC1=C2c1c(Cl)cc(C(=O)O)c(Cl)c1C(=O)O. The van der Waals surface area contributed by atoms with Gasteiger partial charge in [0.15, 0.2) is 0 Å². The molecule has 0 radical (unpaired) electrons. The van der Waals surface area contributed by atoms with E-state index in [9.17, 15) is 19.8 Å². The summed E-state index contributed by atoms with van der Waals surface area (Å²) < 4.78 is 8.24. The van der Waals surface area contributed by atoms with Crippen molar-refractivity contribution in [3.8, 4) is 0 Å². The summed E-state index contributed by atoms with van der Waals surface area (Å²) in [6.07, 6.45) is 11.5. The quantitative estimate of drug-likeness (QED) is 0.471. The Bertz CT molecular complexity index is 1310. The van der Waals surface area contributed by atoms with E-state index in [1.165, 1.54) is 6.07 Å². The number of carboxylic acid groups (broad SMARTS) is 2. The first-order valence-corrected chi connectivity index (χ1v) is 11.2. The van der Waals surface area contributed by atoms with Crippen LogP contribution in [-0.2, 0) is 4.74 Å². The lowest BCUT2D eigenvalue weighted by molar-refractivity contribution is -0.462. The minimum Gasteiger partial charge on any atom is -0.478 e. The number of nitrogens with zero attached hydrogens (tertiary/aromatic N) is 2. The molecule has 0 aromatic heterocycles. The molecule has 0 saturated heterocycles. The van der Waals surface area contributed by atoms with Crippen LogP contribution >= 0.6 is 23.2 Å². The maximum absolute atomic E-state index is 12.3. The van der Waals surface area contributed by atoms with E-state index in [1.807, 2.05) is 74.1 Å². The van der Waals surface area contributed by atoms with Gasteiger partial charge in [-0.25, -0.2) is 14.2 Å². The van der Waals surface area contributed by atoms with E-state index in [-0.39, 0.29) is 32.8 Å². The predicted molar refractivity (Wildman–Crippen MR) is 131 cm³/mol. The van der Waals surface area contributed by atoms with Crippen molar-refractivity contribution in [3.05, 3.63) is 86.3 Å². The second-order valence-electron chi connectivity index (χ2n) is 8.56. The second kappa shape index (κ2) is 8.91. The van der Waals surface area contributed by atoms with Crippen LogP contribution in [0.3, 0.4) is 0 Å². The molecule has 2 N–H and O–H groups in total. The monoisotopic (exact) mass is 501 g/mol. The Morgan fingerprint density at radius 1 is 1.09 bits per heavy atom. The zero-order valence-corrected chi connectivity index (χ0v) is 20.5. The molecule has 1 heterocycles. The minimum absolute atomic E-state index is 0.0128. The van der Waals surface area contributed by atoms with Crippen LogP contribution in [0.15, 0.2) is 59.6 Å². The first-order valence-electron chi connectivity index (χ1n) is 10.4. The highest BCUT2D eigenvalue weighted by atomic mass is 35.5. The van der Waals surface area contributed by atoms with Crippen molar-refractivity contribution < 1.29 is 29.1 Å². The Morgan fingerprint density at radius 3 is 2.38 bits per heavy atom. The number of likely N-dealkylation sites (N-methyl/N-ethyl adjacent to an activating group) is 1. The number of allylic oxidation sites excluding steroid dienone is 4. The maximum atomic E-state index is 12.3. The fraction of sp³-hybridized carbons (Fsp3) is 0.240. The van der Waals surface area contributed by atoms with Crippen LogP contribution in [0.1, 0.15) is 26.3 Å². The number of carboxylic acids is 2. The average molecular weight is 502 g/mol. The van der Waals surface area contributed by atoms with Crippen LogP contribution in [0.4, 0.5) is 0 Å². The molecular weight excluding hydrogens is 479 g/mol. The van der Waals surface area contributed by atoms with Crippen LogP contribution in [0, 0.1) is 5.92 Å². The number of rotatable bonds is 4. The largest absolute Gasteiger partial charge is 0.478 e. The molecule has 1 aromatic rings.